The summed E-state index contributed by atoms with van der Waals surface area (Å²) in [4.78, 5) is 10.4. The Balaban J connectivity index is 2.74. The van der Waals surface area contributed by atoms with E-state index >= 15 is 0 Å². The molecule has 0 heterocycles. The first-order valence-corrected chi connectivity index (χ1v) is 3.27. The summed E-state index contributed by atoms with van der Waals surface area (Å²) in [5.74, 6) is 0.0848. The molecule has 0 radical (unpaired) electrons. The molecule has 0 unspecified atom stereocenters. The Labute approximate surface area is 65.8 Å². The highest BCUT2D eigenvalue weighted by atomic mass is 16.5. The van der Waals surface area contributed by atoms with Gasteiger partial charge in [0.1, 0.15) is 0 Å². The maximum absolute atomic E-state index is 10.4. The molecular weight excluding hydrogens is 140 g/mol. The predicted molar refractivity (Wildman–Crippen MR) is 40.2 cm³/mol. The third-order valence-corrected chi connectivity index (χ3v) is 1.12. The summed E-state index contributed by atoms with van der Waals surface area (Å²) in [6.45, 7) is 3.25. The van der Waals surface area contributed by atoms with Crippen molar-refractivity contribution in [1.82, 2.24) is 0 Å². The smallest absolute Gasteiger partial charge is 0.308 e. The molecule has 11 heavy (non-hydrogen) atoms. The summed E-state index contributed by atoms with van der Waals surface area (Å²) in [6.07, 6.45) is 0. The number of carbonyl (C=O) groups excluding carboxylic acids is 1. The van der Waals surface area contributed by atoms with Crippen LogP contribution in [0.25, 0.3) is 0 Å². The van der Waals surface area contributed by atoms with Crippen LogP contribution in [0, 0.1) is 19.1 Å². The largest absolute Gasteiger partial charge is 0.417 e. The van der Waals surface area contributed by atoms with E-state index in [1.54, 1.807) is 6.07 Å². The van der Waals surface area contributed by atoms with Crippen LogP contribution in [0.5, 0.6) is 5.75 Å². The van der Waals surface area contributed by atoms with Crippen LogP contribution in [-0.4, -0.2) is 5.97 Å². The lowest BCUT2D eigenvalue weighted by Gasteiger charge is -1.95. The van der Waals surface area contributed by atoms with E-state index in [9.17, 15) is 4.79 Å². The van der Waals surface area contributed by atoms with Crippen molar-refractivity contribution in [3.05, 3.63) is 29.8 Å². The van der Waals surface area contributed by atoms with Crippen LogP contribution in [-0.2, 0) is 4.79 Å². The van der Waals surface area contributed by atoms with Gasteiger partial charge in [0, 0.05) is 6.92 Å². The average Bonchev–Trinajstić information content (AvgIpc) is 1.93. The molecule has 0 saturated carbocycles. The molecule has 0 bridgehead atoms. The molecule has 0 saturated heterocycles. The fraction of sp³-hybridized carbons (Fsp3) is 0.222. The molecule has 56 valence electrons. The molecule has 0 atom stereocenters. The van der Waals surface area contributed by atoms with Gasteiger partial charge in [-0.2, -0.15) is 0 Å². The van der Waals surface area contributed by atoms with Crippen molar-refractivity contribution >= 4 is 5.97 Å². The molecule has 1 aromatic carbocycles. The average molecular weight is 148 g/mol. The first kappa shape index (κ1) is 7.62. The molecule has 0 aliphatic heterocycles. The standard InChI is InChI=1S/C9H8O2/c1-7-3-5-9(6-4-7)11-8(2)10/h3,5H,1-2H3. The second kappa shape index (κ2) is 3.07. The molecule has 2 heteroatoms. The van der Waals surface area contributed by atoms with Gasteiger partial charge < -0.3 is 4.74 Å². The SMILES string of the molecule is CC(=O)Oc1c#cc(C)cc1. The van der Waals surface area contributed by atoms with E-state index in [1.807, 2.05) is 13.0 Å². The highest BCUT2D eigenvalue weighted by molar-refractivity contribution is 5.68. The molecule has 0 N–H and O–H groups in total. The Morgan fingerprint density at radius 3 is 2.64 bits per heavy atom. The molecule has 0 fully saturated rings. The first-order chi connectivity index (χ1) is 5.18. The summed E-state index contributed by atoms with van der Waals surface area (Å²) in [5, 5.41) is 0. The Bertz CT molecular complexity index is 249. The van der Waals surface area contributed by atoms with E-state index in [1.165, 1.54) is 6.92 Å². The van der Waals surface area contributed by atoms with Crippen LogP contribution in [0.2, 0.25) is 0 Å². The maximum atomic E-state index is 10.4. The fourth-order valence-corrected chi connectivity index (χ4v) is 0.659. The number of carbonyl (C=O) groups is 1. The second-order valence-electron chi connectivity index (χ2n) is 2.22. The molecule has 0 aliphatic carbocycles. The van der Waals surface area contributed by atoms with Gasteiger partial charge in [-0.15, -0.1) is 0 Å². The Kier molecular flexibility index (Phi) is 2.12. The number of rotatable bonds is 1. The summed E-state index contributed by atoms with van der Waals surface area (Å²) >= 11 is 0. The molecule has 1 rings (SSSR count). The zero-order chi connectivity index (χ0) is 8.27. The lowest BCUT2D eigenvalue weighted by Crippen LogP contribution is -2.00. The van der Waals surface area contributed by atoms with Crippen molar-refractivity contribution in [3.63, 3.8) is 0 Å². The van der Waals surface area contributed by atoms with Gasteiger partial charge in [0.15, 0.2) is 5.75 Å². The van der Waals surface area contributed by atoms with Gasteiger partial charge in [0.25, 0.3) is 0 Å². The third-order valence-electron chi connectivity index (χ3n) is 1.12. The van der Waals surface area contributed by atoms with Gasteiger partial charge in [0.2, 0.25) is 0 Å². The highest BCUT2D eigenvalue weighted by Gasteiger charge is 1.94. The predicted octanol–water partition coefficient (Wildman–Crippen LogP) is 1.52. The highest BCUT2D eigenvalue weighted by Crippen LogP contribution is 2.05. The van der Waals surface area contributed by atoms with Crippen molar-refractivity contribution < 1.29 is 9.53 Å². The number of hydrogen-bond acceptors (Lipinski definition) is 2. The minimum absolute atomic E-state index is 0.335. The normalized spacial score (nSPS) is 8.55. The third kappa shape index (κ3) is 2.30. The zero-order valence-electron chi connectivity index (χ0n) is 6.47. The molecule has 0 spiro atoms. The summed E-state index contributed by atoms with van der Waals surface area (Å²) in [5.41, 5.74) is 0.973. The lowest BCUT2D eigenvalue weighted by molar-refractivity contribution is -0.131. The summed E-state index contributed by atoms with van der Waals surface area (Å²) in [6, 6.07) is 9.00. The summed E-state index contributed by atoms with van der Waals surface area (Å²) in [7, 11) is 0. The lowest BCUT2D eigenvalue weighted by atomic mass is 10.3. The van der Waals surface area contributed by atoms with Crippen LogP contribution in [0.15, 0.2) is 12.1 Å². The Hall–Kier alpha value is -1.49. The Morgan fingerprint density at radius 1 is 1.45 bits per heavy atom. The first-order valence-electron chi connectivity index (χ1n) is 3.27. The van der Waals surface area contributed by atoms with E-state index in [2.05, 4.69) is 12.1 Å². The molecular formula is C9H8O2. The van der Waals surface area contributed by atoms with E-state index in [-0.39, 0.29) is 5.97 Å². The second-order valence-corrected chi connectivity index (χ2v) is 2.22. The number of hydrogen-bond donors (Lipinski definition) is 0. The molecule has 0 amide bonds. The molecule has 0 aromatic heterocycles. The van der Waals surface area contributed by atoms with Crippen LogP contribution in [0.4, 0.5) is 0 Å². The molecule has 0 aliphatic rings. The number of aryl methyl sites for hydroxylation is 1. The van der Waals surface area contributed by atoms with Gasteiger partial charge in [-0.05, 0) is 30.7 Å². The van der Waals surface area contributed by atoms with Gasteiger partial charge >= 0.3 is 5.97 Å². The van der Waals surface area contributed by atoms with Crippen molar-refractivity contribution in [1.29, 1.82) is 0 Å². The minimum Gasteiger partial charge on any atom is -0.417 e. The van der Waals surface area contributed by atoms with Gasteiger partial charge in [-0.3, -0.25) is 4.79 Å². The van der Waals surface area contributed by atoms with Crippen molar-refractivity contribution in [2.45, 2.75) is 13.8 Å². The monoisotopic (exact) mass is 148 g/mol. The van der Waals surface area contributed by atoms with E-state index in [0.717, 1.165) is 5.56 Å². The molecule has 1 aromatic rings. The van der Waals surface area contributed by atoms with Gasteiger partial charge in [0.05, 0.1) is 0 Å². The zero-order valence-corrected chi connectivity index (χ0v) is 6.47. The van der Waals surface area contributed by atoms with E-state index in [0.29, 0.717) is 5.75 Å². The quantitative estimate of drug-likeness (QED) is 0.564. The molecule has 2 nitrogen and oxygen atoms in total. The summed E-state index contributed by atoms with van der Waals surface area (Å²) < 4.78 is 4.74. The Morgan fingerprint density at radius 2 is 2.18 bits per heavy atom. The number of ether oxygens (including phenoxy) is 1. The van der Waals surface area contributed by atoms with Gasteiger partial charge in [-0.25, -0.2) is 0 Å². The van der Waals surface area contributed by atoms with Crippen LogP contribution >= 0.6 is 0 Å². The topological polar surface area (TPSA) is 26.3 Å². The van der Waals surface area contributed by atoms with E-state index in [4.69, 9.17) is 4.74 Å². The van der Waals surface area contributed by atoms with E-state index < -0.39 is 0 Å². The van der Waals surface area contributed by atoms with Crippen LogP contribution in [0.3, 0.4) is 0 Å². The van der Waals surface area contributed by atoms with Gasteiger partial charge in [-0.1, -0.05) is 6.07 Å². The number of esters is 1. The van der Waals surface area contributed by atoms with Crippen LogP contribution in [0.1, 0.15) is 12.5 Å². The minimum atomic E-state index is -0.335. The van der Waals surface area contributed by atoms with Crippen molar-refractivity contribution in [2.24, 2.45) is 0 Å². The van der Waals surface area contributed by atoms with Crippen molar-refractivity contribution in [3.8, 4) is 5.75 Å². The maximum Gasteiger partial charge on any atom is 0.308 e. The van der Waals surface area contributed by atoms with Crippen LogP contribution < -0.4 is 4.74 Å². The fourth-order valence-electron chi connectivity index (χ4n) is 0.659. The van der Waals surface area contributed by atoms with Crippen molar-refractivity contribution in [2.75, 3.05) is 0 Å².